The number of anilines is 2. The molecular formula is C24H23N3O3S. The largest absolute Gasteiger partial charge is 0.355 e. The fraction of sp³-hybridized carbons (Fsp3) is 0.208. The van der Waals surface area contributed by atoms with Crippen LogP contribution in [0.15, 0.2) is 66.0 Å². The van der Waals surface area contributed by atoms with Crippen molar-refractivity contribution in [3.05, 3.63) is 82.0 Å². The molecule has 0 aliphatic carbocycles. The van der Waals surface area contributed by atoms with Gasteiger partial charge >= 0.3 is 0 Å². The molecule has 3 amide bonds. The van der Waals surface area contributed by atoms with Gasteiger partial charge in [-0.1, -0.05) is 23.8 Å². The van der Waals surface area contributed by atoms with Gasteiger partial charge in [0.25, 0.3) is 5.91 Å². The smallest absolute Gasteiger partial charge is 0.251 e. The number of amides is 3. The monoisotopic (exact) mass is 433 g/mol. The Morgan fingerprint density at radius 2 is 1.74 bits per heavy atom. The topological polar surface area (TPSA) is 78.5 Å². The van der Waals surface area contributed by atoms with Crippen LogP contribution in [0.5, 0.6) is 0 Å². The highest BCUT2D eigenvalue weighted by molar-refractivity contribution is 7.10. The van der Waals surface area contributed by atoms with Crippen LogP contribution in [-0.4, -0.2) is 24.8 Å². The fourth-order valence-electron chi connectivity index (χ4n) is 3.85. The molecule has 0 saturated carbocycles. The molecule has 158 valence electrons. The van der Waals surface area contributed by atoms with Crippen LogP contribution in [0.1, 0.15) is 33.3 Å². The lowest BCUT2D eigenvalue weighted by atomic mass is 9.97. The Balaban J connectivity index is 1.60. The zero-order chi connectivity index (χ0) is 22.0. The molecule has 31 heavy (non-hydrogen) atoms. The quantitative estimate of drug-likeness (QED) is 0.635. The van der Waals surface area contributed by atoms with Crippen molar-refractivity contribution >= 4 is 40.4 Å². The van der Waals surface area contributed by atoms with Gasteiger partial charge in [0.05, 0.1) is 12.0 Å². The molecule has 4 rings (SSSR count). The van der Waals surface area contributed by atoms with Gasteiger partial charge < -0.3 is 15.5 Å². The van der Waals surface area contributed by atoms with Gasteiger partial charge in [-0.05, 0) is 54.8 Å². The number of carbonyl (C=O) groups is 3. The van der Waals surface area contributed by atoms with E-state index in [1.165, 1.54) is 0 Å². The molecule has 3 aromatic rings. The minimum Gasteiger partial charge on any atom is -0.355 e. The fourth-order valence-corrected chi connectivity index (χ4v) is 4.73. The Morgan fingerprint density at radius 1 is 1.03 bits per heavy atom. The number of hydrogen-bond acceptors (Lipinski definition) is 4. The van der Waals surface area contributed by atoms with E-state index in [-0.39, 0.29) is 30.2 Å². The molecule has 0 bridgehead atoms. The Hall–Kier alpha value is -3.45. The molecular weight excluding hydrogens is 410 g/mol. The zero-order valence-corrected chi connectivity index (χ0v) is 18.1. The second kappa shape index (κ2) is 8.73. The van der Waals surface area contributed by atoms with Crippen molar-refractivity contribution in [3.63, 3.8) is 0 Å². The molecule has 2 N–H and O–H groups in total. The first-order valence-electron chi connectivity index (χ1n) is 10.0. The first-order valence-corrected chi connectivity index (χ1v) is 10.9. The highest BCUT2D eigenvalue weighted by atomic mass is 32.1. The average Bonchev–Trinajstić information content (AvgIpc) is 3.42. The van der Waals surface area contributed by atoms with Crippen molar-refractivity contribution in [2.75, 3.05) is 17.3 Å². The third-order valence-electron chi connectivity index (χ3n) is 5.45. The van der Waals surface area contributed by atoms with E-state index in [2.05, 4.69) is 10.6 Å². The molecule has 2 unspecified atom stereocenters. The highest BCUT2D eigenvalue weighted by Gasteiger charge is 2.45. The van der Waals surface area contributed by atoms with Crippen LogP contribution >= 0.6 is 11.3 Å². The van der Waals surface area contributed by atoms with E-state index < -0.39 is 5.92 Å². The Morgan fingerprint density at radius 3 is 2.35 bits per heavy atom. The number of carbonyl (C=O) groups excluding carboxylic acids is 3. The minimum atomic E-state index is -0.522. The Bertz CT molecular complexity index is 1090. The standard InChI is InChI=1S/C24H23N3O3S/c1-15-5-11-18(12-6-15)27-21(28)14-19(22(27)20-4-3-13-31-20)24(30)26-17-9-7-16(8-10-17)23(29)25-2/h3-13,19,22H,14H2,1-2H3,(H,25,29)(H,26,30). The molecule has 0 spiro atoms. The van der Waals surface area contributed by atoms with E-state index in [0.717, 1.165) is 16.1 Å². The molecule has 2 atom stereocenters. The summed E-state index contributed by atoms with van der Waals surface area (Å²) in [6.07, 6.45) is 0.138. The van der Waals surface area contributed by atoms with Crippen LogP contribution in [0, 0.1) is 12.8 Å². The number of hydrogen-bond donors (Lipinski definition) is 2. The number of nitrogens with one attached hydrogen (secondary N) is 2. The molecule has 2 heterocycles. The van der Waals surface area contributed by atoms with Crippen molar-refractivity contribution in [1.29, 1.82) is 0 Å². The minimum absolute atomic E-state index is 0.0719. The lowest BCUT2D eigenvalue weighted by Crippen LogP contribution is -2.32. The maximum absolute atomic E-state index is 13.2. The summed E-state index contributed by atoms with van der Waals surface area (Å²) >= 11 is 1.54. The van der Waals surface area contributed by atoms with E-state index in [4.69, 9.17) is 0 Å². The molecule has 1 fully saturated rings. The second-order valence-corrected chi connectivity index (χ2v) is 8.50. The molecule has 2 aromatic carbocycles. The maximum Gasteiger partial charge on any atom is 0.251 e. The van der Waals surface area contributed by atoms with Gasteiger partial charge in [0.1, 0.15) is 0 Å². The average molecular weight is 434 g/mol. The lowest BCUT2D eigenvalue weighted by molar-refractivity contribution is -0.122. The molecule has 7 heteroatoms. The van der Waals surface area contributed by atoms with Crippen LogP contribution < -0.4 is 15.5 Å². The van der Waals surface area contributed by atoms with E-state index in [1.54, 1.807) is 47.5 Å². The van der Waals surface area contributed by atoms with Gasteiger partial charge in [-0.2, -0.15) is 0 Å². The molecule has 0 radical (unpaired) electrons. The predicted molar refractivity (Wildman–Crippen MR) is 122 cm³/mol. The van der Waals surface area contributed by atoms with Crippen molar-refractivity contribution in [3.8, 4) is 0 Å². The van der Waals surface area contributed by atoms with Gasteiger partial charge in [-0.25, -0.2) is 0 Å². The van der Waals surface area contributed by atoms with Crippen LogP contribution in [0.3, 0.4) is 0 Å². The SMILES string of the molecule is CNC(=O)c1ccc(NC(=O)C2CC(=O)N(c3ccc(C)cc3)C2c2cccs2)cc1. The summed E-state index contributed by atoms with van der Waals surface area (Å²) in [5, 5.41) is 7.44. The maximum atomic E-state index is 13.2. The van der Waals surface area contributed by atoms with Crippen molar-refractivity contribution in [2.45, 2.75) is 19.4 Å². The number of thiophene rings is 1. The van der Waals surface area contributed by atoms with E-state index in [9.17, 15) is 14.4 Å². The number of nitrogens with zero attached hydrogens (tertiary/aromatic N) is 1. The van der Waals surface area contributed by atoms with Crippen molar-refractivity contribution in [1.82, 2.24) is 5.32 Å². The molecule has 1 aromatic heterocycles. The van der Waals surface area contributed by atoms with Crippen LogP contribution in [0.4, 0.5) is 11.4 Å². The molecule has 1 aliphatic heterocycles. The lowest BCUT2D eigenvalue weighted by Gasteiger charge is -2.27. The number of rotatable bonds is 5. The van der Waals surface area contributed by atoms with E-state index in [0.29, 0.717) is 11.3 Å². The number of benzene rings is 2. The summed E-state index contributed by atoms with van der Waals surface area (Å²) in [4.78, 5) is 40.6. The van der Waals surface area contributed by atoms with E-state index in [1.807, 2.05) is 48.7 Å². The van der Waals surface area contributed by atoms with Crippen LogP contribution in [0.2, 0.25) is 0 Å². The number of aryl methyl sites for hydroxylation is 1. The van der Waals surface area contributed by atoms with Gasteiger partial charge in [0, 0.05) is 35.3 Å². The van der Waals surface area contributed by atoms with Gasteiger partial charge in [0.2, 0.25) is 11.8 Å². The summed E-state index contributed by atoms with van der Waals surface area (Å²) in [5.41, 5.74) is 3.00. The summed E-state index contributed by atoms with van der Waals surface area (Å²) < 4.78 is 0. The van der Waals surface area contributed by atoms with Crippen LogP contribution in [0.25, 0.3) is 0 Å². The van der Waals surface area contributed by atoms with Crippen molar-refractivity contribution in [2.24, 2.45) is 5.92 Å². The summed E-state index contributed by atoms with van der Waals surface area (Å²) in [6.45, 7) is 2.00. The Labute approximate surface area is 184 Å². The first kappa shape index (κ1) is 20.8. The zero-order valence-electron chi connectivity index (χ0n) is 17.3. The van der Waals surface area contributed by atoms with Crippen molar-refractivity contribution < 1.29 is 14.4 Å². The van der Waals surface area contributed by atoms with Gasteiger partial charge in [0.15, 0.2) is 0 Å². The molecule has 1 saturated heterocycles. The highest BCUT2D eigenvalue weighted by Crippen LogP contribution is 2.43. The molecule has 6 nitrogen and oxygen atoms in total. The summed E-state index contributed by atoms with van der Waals surface area (Å²) in [5.74, 6) is -0.997. The Kier molecular flexibility index (Phi) is 5.86. The normalized spacial score (nSPS) is 18.1. The summed E-state index contributed by atoms with van der Waals surface area (Å²) in [6, 6.07) is 18.0. The predicted octanol–water partition coefficient (Wildman–Crippen LogP) is 4.15. The summed E-state index contributed by atoms with van der Waals surface area (Å²) in [7, 11) is 1.57. The van der Waals surface area contributed by atoms with Gasteiger partial charge in [-0.15, -0.1) is 11.3 Å². The second-order valence-electron chi connectivity index (χ2n) is 7.52. The molecule has 1 aliphatic rings. The van der Waals surface area contributed by atoms with Gasteiger partial charge in [-0.3, -0.25) is 14.4 Å². The third kappa shape index (κ3) is 4.22. The van der Waals surface area contributed by atoms with E-state index >= 15 is 0 Å². The third-order valence-corrected chi connectivity index (χ3v) is 6.39. The van der Waals surface area contributed by atoms with Crippen LogP contribution in [-0.2, 0) is 9.59 Å². The first-order chi connectivity index (χ1) is 15.0.